The van der Waals surface area contributed by atoms with Gasteiger partial charge < -0.3 is 18.8 Å². The second kappa shape index (κ2) is 12.4. The van der Waals surface area contributed by atoms with Crippen LogP contribution in [-0.4, -0.2) is 37.9 Å². The van der Waals surface area contributed by atoms with Crippen LogP contribution in [0.1, 0.15) is 72.4 Å². The first-order chi connectivity index (χ1) is 19.0. The third-order valence-electron chi connectivity index (χ3n) is 8.21. The van der Waals surface area contributed by atoms with Gasteiger partial charge in [0.2, 0.25) is 0 Å². The Hall–Kier alpha value is -3.10. The third-order valence-corrected chi connectivity index (χ3v) is 11.8. The van der Waals surface area contributed by atoms with E-state index in [0.717, 1.165) is 53.7 Å². The molecule has 0 atom stereocenters. The molecule has 0 aliphatic heterocycles. The average Bonchev–Trinajstić information content (AvgIpc) is 2.84. The van der Waals surface area contributed by atoms with Crippen LogP contribution in [0, 0.1) is 6.92 Å². The Morgan fingerprint density at radius 2 is 1.71 bits per heavy atom. The van der Waals surface area contributed by atoms with Gasteiger partial charge in [0.25, 0.3) is 0 Å². The predicted octanol–water partition coefficient (Wildman–Crippen LogP) is 8.26. The first-order valence-electron chi connectivity index (χ1n) is 14.7. The van der Waals surface area contributed by atoms with Crippen molar-refractivity contribution in [3.63, 3.8) is 0 Å². The van der Waals surface area contributed by atoms with Crippen molar-refractivity contribution >= 4 is 36.8 Å². The maximum Gasteiger partial charge on any atom is 0.412 e. The molecule has 8 heteroatoms. The van der Waals surface area contributed by atoms with Gasteiger partial charge in [0, 0.05) is 35.9 Å². The quantitative estimate of drug-likeness (QED) is 0.185. The standard InChI is InChI=1S/C33H48N2O5Si/c1-11-35(12-2)25-16-17-26-22(3)29(30(36)39-28(26)21-25)24-15-18-27(34-31(37)40-32(4,5)6)23(20-24)14-13-19-33(7,8)41(9,10)38/h15-18,20-21,38H,11-14,19H2,1-10H3,(H,34,37). The van der Waals surface area contributed by atoms with E-state index in [-0.39, 0.29) is 10.7 Å². The smallest absolute Gasteiger partial charge is 0.412 e. The molecule has 0 unspecified atom stereocenters. The Morgan fingerprint density at radius 3 is 2.29 bits per heavy atom. The van der Waals surface area contributed by atoms with Crippen molar-refractivity contribution in [2.45, 2.75) is 98.4 Å². The second-order valence-corrected chi connectivity index (χ2v) is 17.5. The van der Waals surface area contributed by atoms with E-state index in [4.69, 9.17) is 9.15 Å². The number of amides is 1. The topological polar surface area (TPSA) is 92.0 Å². The summed E-state index contributed by atoms with van der Waals surface area (Å²) in [5.41, 5.74) is 4.24. The maximum atomic E-state index is 13.4. The highest BCUT2D eigenvalue weighted by Gasteiger charge is 2.37. The van der Waals surface area contributed by atoms with Gasteiger partial charge in [-0.05, 0) is 120 Å². The Balaban J connectivity index is 2.04. The van der Waals surface area contributed by atoms with Crippen molar-refractivity contribution in [1.82, 2.24) is 0 Å². The molecule has 0 aliphatic rings. The molecule has 1 amide bonds. The SMILES string of the molecule is CCN(CC)c1ccc2c(C)c(-c3ccc(NC(=O)OC(C)(C)C)c(CCCC(C)(C)[Si](C)(C)O)c3)c(=O)oc2c1. The minimum Gasteiger partial charge on any atom is -0.444 e. The lowest BCUT2D eigenvalue weighted by molar-refractivity contribution is 0.0635. The first-order valence-corrected chi connectivity index (χ1v) is 17.6. The zero-order valence-electron chi connectivity index (χ0n) is 26.5. The van der Waals surface area contributed by atoms with E-state index in [0.29, 0.717) is 23.3 Å². The summed E-state index contributed by atoms with van der Waals surface area (Å²) in [6.07, 6.45) is 1.79. The van der Waals surface area contributed by atoms with Gasteiger partial charge in [-0.3, -0.25) is 5.32 Å². The number of aryl methyl sites for hydroxylation is 2. The maximum absolute atomic E-state index is 13.4. The number of rotatable bonds is 10. The molecule has 3 aromatic rings. The van der Waals surface area contributed by atoms with Gasteiger partial charge >= 0.3 is 11.7 Å². The highest BCUT2D eigenvalue weighted by molar-refractivity contribution is 6.72. The summed E-state index contributed by atoms with van der Waals surface area (Å²) in [6, 6.07) is 11.7. The summed E-state index contributed by atoms with van der Waals surface area (Å²) in [5, 5.41) is 3.63. The fourth-order valence-electron chi connectivity index (χ4n) is 4.98. The summed E-state index contributed by atoms with van der Waals surface area (Å²) in [7, 11) is -2.36. The van der Waals surface area contributed by atoms with E-state index in [9.17, 15) is 14.4 Å². The molecule has 0 saturated carbocycles. The van der Waals surface area contributed by atoms with Crippen LogP contribution in [0.15, 0.2) is 45.6 Å². The molecule has 0 saturated heterocycles. The number of carbonyl (C=O) groups is 1. The summed E-state index contributed by atoms with van der Waals surface area (Å²) in [6.45, 7) is 21.5. The van der Waals surface area contributed by atoms with Crippen LogP contribution in [0.5, 0.6) is 0 Å². The molecule has 0 spiro atoms. The predicted molar refractivity (Wildman–Crippen MR) is 173 cm³/mol. The van der Waals surface area contributed by atoms with Gasteiger partial charge in [-0.1, -0.05) is 19.9 Å². The third kappa shape index (κ3) is 7.80. The molecule has 0 radical (unpaired) electrons. The Labute approximate surface area is 246 Å². The molecule has 0 aliphatic carbocycles. The average molecular weight is 581 g/mol. The lowest BCUT2D eigenvalue weighted by Crippen LogP contribution is -2.39. The van der Waals surface area contributed by atoms with Crippen LogP contribution in [-0.2, 0) is 11.2 Å². The number of nitrogens with zero attached hydrogens (tertiary/aromatic N) is 1. The fourth-order valence-corrected chi connectivity index (χ4v) is 5.77. The zero-order valence-corrected chi connectivity index (χ0v) is 27.5. The minimum atomic E-state index is -2.36. The lowest BCUT2D eigenvalue weighted by Gasteiger charge is -2.35. The molecule has 2 aromatic carbocycles. The molecule has 3 rings (SSSR count). The van der Waals surface area contributed by atoms with Gasteiger partial charge in [0.05, 0.1) is 5.56 Å². The number of anilines is 2. The number of benzene rings is 2. The van der Waals surface area contributed by atoms with Crippen molar-refractivity contribution in [2.24, 2.45) is 0 Å². The van der Waals surface area contributed by atoms with Crippen molar-refractivity contribution in [2.75, 3.05) is 23.3 Å². The summed E-state index contributed by atoms with van der Waals surface area (Å²) in [5.74, 6) is 0. The number of carbonyl (C=O) groups excluding carboxylic acids is 1. The zero-order chi connectivity index (χ0) is 30.8. The van der Waals surface area contributed by atoms with Crippen LogP contribution in [0.3, 0.4) is 0 Å². The number of hydrogen-bond donors (Lipinski definition) is 2. The number of ether oxygens (including phenoxy) is 1. The normalized spacial score (nSPS) is 12.5. The van der Waals surface area contributed by atoms with Crippen LogP contribution < -0.4 is 15.8 Å². The Kier molecular flexibility index (Phi) is 9.81. The van der Waals surface area contributed by atoms with E-state index in [1.807, 2.05) is 71.1 Å². The number of fused-ring (bicyclic) bond motifs is 1. The van der Waals surface area contributed by atoms with Crippen molar-refractivity contribution in [3.05, 3.63) is 57.9 Å². The second-order valence-electron chi connectivity index (χ2n) is 13.0. The summed E-state index contributed by atoms with van der Waals surface area (Å²) < 4.78 is 11.4. The molecular weight excluding hydrogens is 532 g/mol. The molecule has 41 heavy (non-hydrogen) atoms. The Bertz CT molecular complexity index is 1440. The summed E-state index contributed by atoms with van der Waals surface area (Å²) >= 11 is 0. The molecule has 0 fully saturated rings. The van der Waals surface area contributed by atoms with Gasteiger partial charge in [0.1, 0.15) is 11.2 Å². The van der Waals surface area contributed by atoms with Gasteiger partial charge in [-0.2, -0.15) is 0 Å². The van der Waals surface area contributed by atoms with E-state index in [1.54, 1.807) is 0 Å². The highest BCUT2D eigenvalue weighted by atomic mass is 28.4. The van der Waals surface area contributed by atoms with E-state index < -0.39 is 20.0 Å². The van der Waals surface area contributed by atoms with E-state index in [2.05, 4.69) is 44.0 Å². The minimum absolute atomic E-state index is 0.163. The van der Waals surface area contributed by atoms with Crippen molar-refractivity contribution in [3.8, 4) is 11.1 Å². The van der Waals surface area contributed by atoms with Gasteiger partial charge in [-0.25, -0.2) is 9.59 Å². The fraction of sp³-hybridized carbons (Fsp3) is 0.515. The molecule has 1 heterocycles. The monoisotopic (exact) mass is 580 g/mol. The molecule has 7 nitrogen and oxygen atoms in total. The van der Waals surface area contributed by atoms with Crippen molar-refractivity contribution in [1.29, 1.82) is 0 Å². The van der Waals surface area contributed by atoms with Crippen molar-refractivity contribution < 1.29 is 18.7 Å². The van der Waals surface area contributed by atoms with Crippen LogP contribution in [0.25, 0.3) is 22.1 Å². The van der Waals surface area contributed by atoms with Gasteiger partial charge in [-0.15, -0.1) is 0 Å². The number of hydrogen-bond acceptors (Lipinski definition) is 6. The summed E-state index contributed by atoms with van der Waals surface area (Å²) in [4.78, 5) is 39.0. The van der Waals surface area contributed by atoms with Crippen LogP contribution in [0.4, 0.5) is 16.2 Å². The highest BCUT2D eigenvalue weighted by Crippen LogP contribution is 2.40. The van der Waals surface area contributed by atoms with Crippen LogP contribution in [0.2, 0.25) is 18.1 Å². The first kappa shape index (κ1) is 32.4. The molecule has 1 aromatic heterocycles. The Morgan fingerprint density at radius 1 is 1.05 bits per heavy atom. The van der Waals surface area contributed by atoms with Gasteiger partial charge in [0.15, 0.2) is 8.32 Å². The lowest BCUT2D eigenvalue weighted by atomic mass is 9.94. The molecule has 0 bridgehead atoms. The number of nitrogens with one attached hydrogen (secondary N) is 1. The molecule has 224 valence electrons. The molecule has 2 N–H and O–H groups in total. The van der Waals surface area contributed by atoms with E-state index >= 15 is 0 Å². The van der Waals surface area contributed by atoms with E-state index in [1.165, 1.54) is 0 Å². The largest absolute Gasteiger partial charge is 0.444 e. The molecular formula is C33H48N2O5Si. The van der Waals surface area contributed by atoms with Crippen LogP contribution >= 0.6 is 0 Å².